The highest BCUT2D eigenvalue weighted by Crippen LogP contribution is 2.18. The summed E-state index contributed by atoms with van der Waals surface area (Å²) < 4.78 is 5.92. The van der Waals surface area contributed by atoms with Crippen molar-refractivity contribution in [3.8, 4) is 0 Å². The Labute approximate surface area is 183 Å². The molecule has 1 rings (SSSR count). The van der Waals surface area contributed by atoms with Crippen molar-refractivity contribution in [2.24, 2.45) is 0 Å². The molecule has 1 aromatic rings. The van der Waals surface area contributed by atoms with E-state index in [2.05, 4.69) is 17.6 Å². The van der Waals surface area contributed by atoms with Crippen LogP contribution in [0.1, 0.15) is 102 Å². The first kappa shape index (κ1) is 26.2. The van der Waals surface area contributed by atoms with Crippen LogP contribution >= 0.6 is 0 Å². The first-order chi connectivity index (χ1) is 14.8. The van der Waals surface area contributed by atoms with E-state index in [-0.39, 0.29) is 0 Å². The lowest BCUT2D eigenvalue weighted by Crippen LogP contribution is -2.58. The van der Waals surface area contributed by atoms with Crippen LogP contribution in [0.5, 0.6) is 0 Å². The maximum atomic E-state index is 11.1. The van der Waals surface area contributed by atoms with Gasteiger partial charge in [-0.2, -0.15) is 0 Å². The summed E-state index contributed by atoms with van der Waals surface area (Å²) in [6, 6.07) is 9.73. The van der Waals surface area contributed by atoms with Crippen molar-refractivity contribution in [1.29, 1.82) is 0 Å². The fraction of sp³-hybridized carbons (Fsp3) is 0.680. The number of hydrogen-bond donors (Lipinski definition) is 2. The largest absolute Gasteiger partial charge is 0.333 e. The van der Waals surface area contributed by atoms with Gasteiger partial charge < -0.3 is 15.4 Å². The number of rotatable bonds is 21. The molecule has 0 heterocycles. The van der Waals surface area contributed by atoms with Crippen LogP contribution in [0.15, 0.2) is 30.3 Å². The highest BCUT2D eigenvalue weighted by molar-refractivity contribution is 5.52. The molecule has 0 saturated heterocycles. The molecule has 0 spiro atoms. The summed E-state index contributed by atoms with van der Waals surface area (Å²) in [5, 5.41) is 5.33. The van der Waals surface area contributed by atoms with E-state index >= 15 is 0 Å². The molecule has 2 N–H and O–H groups in total. The molecule has 170 valence electrons. The van der Waals surface area contributed by atoms with Crippen LogP contribution in [0.25, 0.3) is 0 Å². The van der Waals surface area contributed by atoms with Crippen LogP contribution in [0.3, 0.4) is 0 Å². The van der Waals surface area contributed by atoms with Gasteiger partial charge in [0.1, 0.15) is 0 Å². The Morgan fingerprint density at radius 3 is 1.67 bits per heavy atom. The predicted octanol–water partition coefficient (Wildman–Crippen LogP) is 5.83. The molecule has 5 heteroatoms. The van der Waals surface area contributed by atoms with E-state index in [0.717, 1.165) is 18.4 Å². The Bertz CT molecular complexity index is 526. The van der Waals surface area contributed by atoms with Crippen LogP contribution in [-0.4, -0.2) is 18.7 Å². The van der Waals surface area contributed by atoms with E-state index in [1.54, 1.807) is 0 Å². The average molecular weight is 419 g/mol. The highest BCUT2D eigenvalue weighted by atomic mass is 16.5. The molecule has 0 saturated carbocycles. The fourth-order valence-corrected chi connectivity index (χ4v) is 3.70. The maximum Gasteiger partial charge on any atom is 0.220 e. The molecule has 0 unspecified atom stereocenters. The van der Waals surface area contributed by atoms with Crippen LogP contribution in [-0.2, 0) is 20.9 Å². The van der Waals surface area contributed by atoms with Gasteiger partial charge in [0.2, 0.25) is 18.7 Å². The molecule has 0 aliphatic rings. The van der Waals surface area contributed by atoms with Gasteiger partial charge in [-0.05, 0) is 12.0 Å². The molecule has 5 nitrogen and oxygen atoms in total. The van der Waals surface area contributed by atoms with Gasteiger partial charge in [0.05, 0.1) is 6.61 Å². The number of ether oxygens (including phenoxy) is 1. The zero-order chi connectivity index (χ0) is 21.8. The van der Waals surface area contributed by atoms with E-state index in [1.807, 2.05) is 30.3 Å². The van der Waals surface area contributed by atoms with Gasteiger partial charge in [0, 0.05) is 6.42 Å². The lowest BCUT2D eigenvalue weighted by Gasteiger charge is -2.32. The normalized spacial score (nSPS) is 11.2. The van der Waals surface area contributed by atoms with Crippen LogP contribution in [0, 0.1) is 0 Å². The molecule has 0 radical (unpaired) electrons. The summed E-state index contributed by atoms with van der Waals surface area (Å²) in [6.07, 6.45) is 18.3. The Morgan fingerprint density at radius 1 is 0.733 bits per heavy atom. The topological polar surface area (TPSA) is 67.4 Å². The minimum atomic E-state index is -1.14. The summed E-state index contributed by atoms with van der Waals surface area (Å²) >= 11 is 0. The zero-order valence-electron chi connectivity index (χ0n) is 18.9. The van der Waals surface area contributed by atoms with E-state index in [9.17, 15) is 9.59 Å². The second kappa shape index (κ2) is 17.9. The monoisotopic (exact) mass is 418 g/mol. The highest BCUT2D eigenvalue weighted by Gasteiger charge is 2.29. The van der Waals surface area contributed by atoms with Crippen molar-refractivity contribution in [3.05, 3.63) is 35.9 Å². The quantitative estimate of drug-likeness (QED) is 0.150. The third-order valence-corrected chi connectivity index (χ3v) is 5.54. The van der Waals surface area contributed by atoms with Crippen LogP contribution in [0.2, 0.25) is 0 Å². The summed E-state index contributed by atoms with van der Waals surface area (Å²) in [4.78, 5) is 22.2. The minimum Gasteiger partial charge on any atom is -0.333 e. The average Bonchev–Trinajstić information content (AvgIpc) is 2.76. The third-order valence-electron chi connectivity index (χ3n) is 5.54. The number of carbonyl (C=O) groups excluding carboxylic acids is 2. The van der Waals surface area contributed by atoms with Gasteiger partial charge in [-0.1, -0.05) is 114 Å². The predicted molar refractivity (Wildman–Crippen MR) is 123 cm³/mol. The molecule has 0 aliphatic carbocycles. The Balaban J connectivity index is 2.18. The van der Waals surface area contributed by atoms with E-state index < -0.39 is 5.85 Å². The fourth-order valence-electron chi connectivity index (χ4n) is 3.70. The van der Waals surface area contributed by atoms with Crippen LogP contribution in [0.4, 0.5) is 0 Å². The zero-order valence-corrected chi connectivity index (χ0v) is 18.9. The van der Waals surface area contributed by atoms with Gasteiger partial charge in [-0.25, -0.2) is 0 Å². The second-order valence-corrected chi connectivity index (χ2v) is 8.12. The van der Waals surface area contributed by atoms with Crippen molar-refractivity contribution in [3.63, 3.8) is 0 Å². The summed E-state index contributed by atoms with van der Waals surface area (Å²) in [5.41, 5.74) is 0.993. The number of nitrogens with one attached hydrogen (secondary N) is 2. The molecule has 0 bridgehead atoms. The molecule has 0 fully saturated rings. The van der Waals surface area contributed by atoms with Crippen molar-refractivity contribution >= 4 is 12.8 Å². The van der Waals surface area contributed by atoms with Gasteiger partial charge in [-0.3, -0.25) is 9.59 Å². The van der Waals surface area contributed by atoms with Crippen molar-refractivity contribution < 1.29 is 14.3 Å². The van der Waals surface area contributed by atoms with Gasteiger partial charge >= 0.3 is 0 Å². The lowest BCUT2D eigenvalue weighted by atomic mass is 10.0. The van der Waals surface area contributed by atoms with Crippen molar-refractivity contribution in [2.45, 2.75) is 109 Å². The second-order valence-electron chi connectivity index (χ2n) is 8.12. The minimum absolute atomic E-state index is 0.320. The van der Waals surface area contributed by atoms with Crippen molar-refractivity contribution in [1.82, 2.24) is 10.6 Å². The van der Waals surface area contributed by atoms with Gasteiger partial charge in [0.25, 0.3) is 0 Å². The number of unbranched alkanes of at least 4 members (excludes halogenated alkanes) is 12. The molecule has 2 amide bonds. The molecule has 0 aromatic heterocycles. The standard InChI is InChI=1S/C25H42N2O3/c1-2-3-4-5-6-7-8-9-10-11-12-13-17-20-25(26-22-28,27-23-29)30-21-24-18-15-14-16-19-24/h14-16,18-19,22-23H,2-13,17,20-21H2,1H3,(H,26,28)(H,27,29). The van der Waals surface area contributed by atoms with E-state index in [1.165, 1.54) is 70.6 Å². The molecular weight excluding hydrogens is 376 g/mol. The Kier molecular flexibility index (Phi) is 15.6. The molecule has 30 heavy (non-hydrogen) atoms. The molecule has 0 aliphatic heterocycles. The first-order valence-electron chi connectivity index (χ1n) is 11.9. The first-order valence-corrected chi connectivity index (χ1v) is 11.9. The van der Waals surface area contributed by atoms with Gasteiger partial charge in [-0.15, -0.1) is 0 Å². The van der Waals surface area contributed by atoms with Crippen molar-refractivity contribution in [2.75, 3.05) is 0 Å². The summed E-state index contributed by atoms with van der Waals surface area (Å²) in [7, 11) is 0. The molecule has 0 atom stereocenters. The summed E-state index contributed by atoms with van der Waals surface area (Å²) in [6.45, 7) is 2.58. The number of carbonyl (C=O) groups is 2. The Hall–Kier alpha value is -1.88. The van der Waals surface area contributed by atoms with E-state index in [0.29, 0.717) is 25.8 Å². The SMILES string of the molecule is CCCCCCCCCCCCCCCC(NC=O)(NC=O)OCc1ccccc1. The molecule has 1 aromatic carbocycles. The van der Waals surface area contributed by atoms with E-state index in [4.69, 9.17) is 4.74 Å². The van der Waals surface area contributed by atoms with Crippen LogP contribution < -0.4 is 10.6 Å². The smallest absolute Gasteiger partial charge is 0.220 e. The summed E-state index contributed by atoms with van der Waals surface area (Å²) in [5.74, 6) is -1.14. The number of amides is 2. The Morgan fingerprint density at radius 2 is 1.20 bits per heavy atom. The molecular formula is C25H42N2O3. The van der Waals surface area contributed by atoms with Gasteiger partial charge in [0.15, 0.2) is 0 Å². The number of benzene rings is 1. The maximum absolute atomic E-state index is 11.1. The lowest BCUT2D eigenvalue weighted by molar-refractivity contribution is -0.142. The number of hydrogen-bond acceptors (Lipinski definition) is 3. The third kappa shape index (κ3) is 12.6.